The second-order valence-electron chi connectivity index (χ2n) is 3.38. The number of hydrogen-bond acceptors (Lipinski definition) is 5. The van der Waals surface area contributed by atoms with Crippen LogP contribution in [0.25, 0.3) is 0 Å². The molecule has 0 bridgehead atoms. The molecule has 16 heavy (non-hydrogen) atoms. The molecule has 0 saturated heterocycles. The van der Waals surface area contributed by atoms with Crippen molar-refractivity contribution >= 4 is 6.01 Å². The van der Waals surface area contributed by atoms with Gasteiger partial charge >= 0.3 is 12.2 Å². The first-order valence-electron chi connectivity index (χ1n) is 4.78. The zero-order chi connectivity index (χ0) is 12.2. The van der Waals surface area contributed by atoms with E-state index in [9.17, 15) is 13.2 Å². The number of anilines is 1. The van der Waals surface area contributed by atoms with Crippen molar-refractivity contribution in [3.8, 4) is 0 Å². The molecule has 1 heterocycles. The van der Waals surface area contributed by atoms with Crippen molar-refractivity contribution in [2.24, 2.45) is 5.73 Å². The highest BCUT2D eigenvalue weighted by molar-refractivity contribution is 5.16. The van der Waals surface area contributed by atoms with Crippen LogP contribution >= 0.6 is 0 Å². The van der Waals surface area contributed by atoms with Gasteiger partial charge < -0.3 is 15.5 Å². The van der Waals surface area contributed by atoms with Crippen LogP contribution in [0.2, 0.25) is 0 Å². The highest BCUT2D eigenvalue weighted by Crippen LogP contribution is 2.21. The Balaban J connectivity index is 2.27. The van der Waals surface area contributed by atoms with Gasteiger partial charge in [0.2, 0.25) is 5.89 Å². The quantitative estimate of drug-likeness (QED) is 0.765. The third kappa shape index (κ3) is 4.47. The van der Waals surface area contributed by atoms with Crippen molar-refractivity contribution in [1.29, 1.82) is 0 Å². The Labute approximate surface area is 90.2 Å². The van der Waals surface area contributed by atoms with Crippen molar-refractivity contribution < 1.29 is 17.6 Å². The van der Waals surface area contributed by atoms with Crippen LogP contribution < -0.4 is 11.1 Å². The van der Waals surface area contributed by atoms with Gasteiger partial charge in [0.1, 0.15) is 0 Å². The number of nitrogens with zero attached hydrogens (tertiary/aromatic N) is 2. The summed E-state index contributed by atoms with van der Waals surface area (Å²) >= 11 is 0. The van der Waals surface area contributed by atoms with E-state index in [1.807, 2.05) is 0 Å². The van der Waals surface area contributed by atoms with Gasteiger partial charge in [-0.05, 0) is 13.3 Å². The fourth-order valence-electron chi connectivity index (χ4n) is 0.974. The maximum absolute atomic E-state index is 11.8. The third-order valence-corrected chi connectivity index (χ3v) is 1.74. The zero-order valence-corrected chi connectivity index (χ0v) is 8.71. The van der Waals surface area contributed by atoms with Crippen LogP contribution in [0.3, 0.4) is 0 Å². The van der Waals surface area contributed by atoms with E-state index in [0.29, 0.717) is 0 Å². The molecule has 0 radical (unpaired) electrons. The minimum atomic E-state index is -4.13. The van der Waals surface area contributed by atoms with E-state index in [0.717, 1.165) is 0 Å². The molecular weight excluding hydrogens is 225 g/mol. The number of hydrogen-bond donors (Lipinski definition) is 2. The number of nitrogens with one attached hydrogen (secondary N) is 1. The lowest BCUT2D eigenvalue weighted by molar-refractivity contribution is -0.134. The summed E-state index contributed by atoms with van der Waals surface area (Å²) in [6, 6.07) is -0.298. The maximum Gasteiger partial charge on any atom is 0.389 e. The lowest BCUT2D eigenvalue weighted by Gasteiger charge is -2.05. The van der Waals surface area contributed by atoms with Crippen LogP contribution in [0.1, 0.15) is 31.7 Å². The topological polar surface area (TPSA) is 77.0 Å². The van der Waals surface area contributed by atoms with Gasteiger partial charge in [0.15, 0.2) is 0 Å². The van der Waals surface area contributed by atoms with Gasteiger partial charge in [-0.25, -0.2) is 0 Å². The molecule has 0 aliphatic carbocycles. The molecule has 0 fully saturated rings. The van der Waals surface area contributed by atoms with Gasteiger partial charge in [0.25, 0.3) is 0 Å². The first-order chi connectivity index (χ1) is 7.38. The summed E-state index contributed by atoms with van der Waals surface area (Å²) in [6.45, 7) is 1.79. The normalized spacial score (nSPS) is 13.8. The van der Waals surface area contributed by atoms with Crippen LogP contribution in [0, 0.1) is 0 Å². The molecule has 1 atom stereocenters. The average molecular weight is 238 g/mol. The van der Waals surface area contributed by atoms with Crippen molar-refractivity contribution in [2.45, 2.75) is 32.0 Å². The van der Waals surface area contributed by atoms with E-state index in [2.05, 4.69) is 15.5 Å². The standard InChI is InChI=1S/C8H13F3N4O/c1-5(12)6-14-15-7(16-6)13-4-2-3-8(9,10)11/h5H,2-4,12H2,1H3,(H,13,15). The number of nitrogens with two attached hydrogens (primary N) is 1. The lowest BCUT2D eigenvalue weighted by Crippen LogP contribution is -2.11. The van der Waals surface area contributed by atoms with Crippen molar-refractivity contribution in [1.82, 2.24) is 10.2 Å². The Hall–Kier alpha value is -1.31. The molecule has 1 aromatic heterocycles. The number of aromatic nitrogens is 2. The van der Waals surface area contributed by atoms with E-state index in [1.165, 1.54) is 0 Å². The number of alkyl halides is 3. The molecule has 0 amide bonds. The zero-order valence-electron chi connectivity index (χ0n) is 8.71. The smallest absolute Gasteiger partial charge is 0.389 e. The summed E-state index contributed by atoms with van der Waals surface area (Å²) in [5, 5.41) is 9.80. The summed E-state index contributed by atoms with van der Waals surface area (Å²) in [4.78, 5) is 0. The SMILES string of the molecule is CC(N)c1nnc(NCCCC(F)(F)F)o1. The second-order valence-corrected chi connectivity index (χ2v) is 3.38. The molecule has 0 aromatic carbocycles. The van der Waals surface area contributed by atoms with E-state index in [4.69, 9.17) is 10.2 Å². The summed E-state index contributed by atoms with van der Waals surface area (Å²) in [5.41, 5.74) is 5.47. The highest BCUT2D eigenvalue weighted by Gasteiger charge is 2.25. The highest BCUT2D eigenvalue weighted by atomic mass is 19.4. The summed E-state index contributed by atoms with van der Waals surface area (Å²) in [6.07, 6.45) is -5.01. The van der Waals surface area contributed by atoms with Gasteiger partial charge in [-0.1, -0.05) is 5.10 Å². The monoisotopic (exact) mass is 238 g/mol. The van der Waals surface area contributed by atoms with Crippen LogP contribution in [-0.4, -0.2) is 22.9 Å². The van der Waals surface area contributed by atoms with Crippen LogP contribution in [-0.2, 0) is 0 Å². The van der Waals surface area contributed by atoms with Crippen LogP contribution in [0.15, 0.2) is 4.42 Å². The molecule has 1 rings (SSSR count). The Morgan fingerprint density at radius 3 is 2.62 bits per heavy atom. The molecule has 5 nitrogen and oxygen atoms in total. The van der Waals surface area contributed by atoms with E-state index in [1.54, 1.807) is 6.92 Å². The first kappa shape index (κ1) is 12.8. The largest absolute Gasteiger partial charge is 0.406 e. The van der Waals surface area contributed by atoms with Crippen molar-refractivity contribution in [2.75, 3.05) is 11.9 Å². The average Bonchev–Trinajstić information content (AvgIpc) is 2.59. The van der Waals surface area contributed by atoms with Gasteiger partial charge in [-0.2, -0.15) is 13.2 Å². The maximum atomic E-state index is 11.8. The molecule has 0 spiro atoms. The first-order valence-corrected chi connectivity index (χ1v) is 4.78. The lowest BCUT2D eigenvalue weighted by atomic mass is 10.3. The van der Waals surface area contributed by atoms with Crippen molar-refractivity contribution in [3.05, 3.63) is 5.89 Å². The molecule has 0 aliphatic heterocycles. The molecule has 1 unspecified atom stereocenters. The Morgan fingerprint density at radius 1 is 1.44 bits per heavy atom. The molecule has 92 valence electrons. The Morgan fingerprint density at radius 2 is 2.12 bits per heavy atom. The fourth-order valence-corrected chi connectivity index (χ4v) is 0.974. The number of halogens is 3. The van der Waals surface area contributed by atoms with Gasteiger partial charge in [-0.3, -0.25) is 0 Å². The minimum Gasteiger partial charge on any atom is -0.406 e. The predicted octanol–water partition coefficient (Wildman–Crippen LogP) is 1.84. The van der Waals surface area contributed by atoms with Gasteiger partial charge in [0, 0.05) is 13.0 Å². The fraction of sp³-hybridized carbons (Fsp3) is 0.750. The molecule has 8 heteroatoms. The number of rotatable bonds is 5. The molecule has 0 saturated carbocycles. The van der Waals surface area contributed by atoms with E-state index >= 15 is 0 Å². The molecular formula is C8H13F3N4O. The third-order valence-electron chi connectivity index (χ3n) is 1.74. The molecule has 1 aromatic rings. The molecule has 0 aliphatic rings. The van der Waals surface area contributed by atoms with Crippen molar-refractivity contribution in [3.63, 3.8) is 0 Å². The van der Waals surface area contributed by atoms with Crippen LogP contribution in [0.5, 0.6) is 0 Å². The minimum absolute atomic E-state index is 0.0423. The predicted molar refractivity (Wildman–Crippen MR) is 50.7 cm³/mol. The summed E-state index contributed by atoms with van der Waals surface area (Å²) in [7, 11) is 0. The van der Waals surface area contributed by atoms with Crippen LogP contribution in [0.4, 0.5) is 19.2 Å². The molecule has 3 N–H and O–H groups in total. The second kappa shape index (κ2) is 5.15. The van der Waals surface area contributed by atoms with E-state index in [-0.39, 0.29) is 24.9 Å². The summed E-state index contributed by atoms with van der Waals surface area (Å²) in [5.74, 6) is 0.248. The van der Waals surface area contributed by atoms with Gasteiger partial charge in [-0.15, -0.1) is 5.10 Å². The van der Waals surface area contributed by atoms with Gasteiger partial charge in [0.05, 0.1) is 6.04 Å². The summed E-state index contributed by atoms with van der Waals surface area (Å²) < 4.78 is 40.4. The Bertz CT molecular complexity index is 323. The van der Waals surface area contributed by atoms with E-state index < -0.39 is 18.6 Å². The Kier molecular flexibility index (Phi) is 4.11.